The maximum atomic E-state index is 11.4. The number of piperidine rings is 1. The van der Waals surface area contributed by atoms with Crippen molar-refractivity contribution in [3.8, 4) is 0 Å². The minimum atomic E-state index is -1.20. The van der Waals surface area contributed by atoms with E-state index < -0.39 is 5.60 Å². The van der Waals surface area contributed by atoms with E-state index in [0.717, 1.165) is 12.1 Å². The van der Waals surface area contributed by atoms with Gasteiger partial charge in [-0.2, -0.15) is 0 Å². The Hall–Kier alpha value is -1.97. The molecule has 1 N–H and O–H groups in total. The first-order valence-electron chi connectivity index (χ1n) is 9.24. The highest BCUT2D eigenvalue weighted by atomic mass is 16.3. The Labute approximate surface area is 151 Å². The fourth-order valence-electron chi connectivity index (χ4n) is 3.79. The van der Waals surface area contributed by atoms with Crippen LogP contribution in [0.4, 0.5) is 0 Å². The summed E-state index contributed by atoms with van der Waals surface area (Å²) in [5.41, 5.74) is 0.284. The van der Waals surface area contributed by atoms with Gasteiger partial charge in [0.15, 0.2) is 0 Å². The summed E-state index contributed by atoms with van der Waals surface area (Å²) < 4.78 is 0. The molecule has 0 saturated carbocycles. The van der Waals surface area contributed by atoms with Crippen LogP contribution in [0.2, 0.25) is 0 Å². The fourth-order valence-corrected chi connectivity index (χ4v) is 3.79. The monoisotopic (exact) mass is 336 g/mol. The first kappa shape index (κ1) is 17.8. The molecule has 1 aliphatic heterocycles. The van der Waals surface area contributed by atoms with Crippen LogP contribution in [-0.4, -0.2) is 33.6 Å². The average molecular weight is 336 g/mol. The summed E-state index contributed by atoms with van der Waals surface area (Å²) in [7, 11) is 0. The van der Waals surface area contributed by atoms with Crippen molar-refractivity contribution < 1.29 is 5.11 Å². The van der Waals surface area contributed by atoms with E-state index >= 15 is 0 Å². The SMILES string of the molecule is C[C@@H]1CCC[C@H](C)N1C/C=C/[C@](O)(c1ccccc1)c1ccccn1. The number of hydrogen-bond donors (Lipinski definition) is 1. The van der Waals surface area contributed by atoms with Crippen molar-refractivity contribution in [1.29, 1.82) is 0 Å². The third-order valence-corrected chi connectivity index (χ3v) is 5.32. The Balaban J connectivity index is 1.86. The lowest BCUT2D eigenvalue weighted by molar-refractivity contribution is 0.113. The van der Waals surface area contributed by atoms with Crippen molar-refractivity contribution in [2.75, 3.05) is 6.54 Å². The summed E-state index contributed by atoms with van der Waals surface area (Å²) in [6, 6.07) is 16.6. The standard InChI is InChI=1S/C22H28N2O/c1-18-10-8-11-19(2)24(18)17-9-15-22(25,20-12-4-3-5-13-20)21-14-6-7-16-23-21/h3-7,9,12-16,18-19,25H,8,10-11,17H2,1-2H3/b15-9+/t18-,19+,22-/m0/s1. The summed E-state index contributed by atoms with van der Waals surface area (Å²) in [5.74, 6) is 0. The molecule has 1 aliphatic rings. The predicted octanol–water partition coefficient (Wildman–Crippen LogP) is 4.14. The number of rotatable bonds is 5. The summed E-state index contributed by atoms with van der Waals surface area (Å²) >= 11 is 0. The van der Waals surface area contributed by atoms with E-state index in [4.69, 9.17) is 0 Å². The zero-order chi connectivity index (χ0) is 17.7. The fraction of sp³-hybridized carbons (Fsp3) is 0.409. The Morgan fingerprint density at radius 3 is 2.40 bits per heavy atom. The largest absolute Gasteiger partial charge is 0.375 e. The highest BCUT2D eigenvalue weighted by molar-refractivity contribution is 5.37. The van der Waals surface area contributed by atoms with Crippen molar-refractivity contribution >= 4 is 0 Å². The smallest absolute Gasteiger partial charge is 0.150 e. The highest BCUT2D eigenvalue weighted by Crippen LogP contribution is 2.30. The van der Waals surface area contributed by atoms with Gasteiger partial charge in [0.1, 0.15) is 5.60 Å². The lowest BCUT2D eigenvalue weighted by atomic mass is 9.89. The lowest BCUT2D eigenvalue weighted by Gasteiger charge is -2.38. The van der Waals surface area contributed by atoms with Crippen molar-refractivity contribution in [2.24, 2.45) is 0 Å². The van der Waals surface area contributed by atoms with Gasteiger partial charge in [-0.15, -0.1) is 0 Å². The van der Waals surface area contributed by atoms with Gasteiger partial charge in [-0.3, -0.25) is 9.88 Å². The molecule has 3 nitrogen and oxygen atoms in total. The normalized spacial score (nSPS) is 24.3. The Morgan fingerprint density at radius 2 is 1.76 bits per heavy atom. The van der Waals surface area contributed by atoms with Gasteiger partial charge >= 0.3 is 0 Å². The van der Waals surface area contributed by atoms with Crippen LogP contribution < -0.4 is 0 Å². The van der Waals surface area contributed by atoms with Crippen molar-refractivity contribution in [2.45, 2.75) is 50.8 Å². The van der Waals surface area contributed by atoms with E-state index in [-0.39, 0.29) is 0 Å². The van der Waals surface area contributed by atoms with Crippen LogP contribution in [0.5, 0.6) is 0 Å². The number of hydrogen-bond acceptors (Lipinski definition) is 3. The molecule has 132 valence electrons. The molecule has 0 amide bonds. The van der Waals surface area contributed by atoms with Gasteiger partial charge < -0.3 is 5.11 Å². The number of nitrogens with zero attached hydrogens (tertiary/aromatic N) is 2. The molecule has 0 aliphatic carbocycles. The maximum absolute atomic E-state index is 11.4. The Morgan fingerprint density at radius 1 is 1.08 bits per heavy atom. The maximum Gasteiger partial charge on any atom is 0.150 e. The third kappa shape index (κ3) is 4.00. The van der Waals surface area contributed by atoms with E-state index in [1.807, 2.05) is 54.6 Å². The number of benzene rings is 1. The Bertz CT molecular complexity index is 634. The van der Waals surface area contributed by atoms with Crippen molar-refractivity contribution in [3.63, 3.8) is 0 Å². The predicted molar refractivity (Wildman–Crippen MR) is 102 cm³/mol. The molecule has 1 saturated heterocycles. The topological polar surface area (TPSA) is 36.4 Å². The van der Waals surface area contributed by atoms with Crippen LogP contribution in [0.25, 0.3) is 0 Å². The Kier molecular flexibility index (Phi) is 5.67. The van der Waals surface area contributed by atoms with E-state index in [1.165, 1.54) is 19.3 Å². The number of aliphatic hydroxyl groups is 1. The van der Waals surface area contributed by atoms with Crippen LogP contribution in [0.3, 0.4) is 0 Å². The number of pyridine rings is 1. The minimum absolute atomic E-state index is 0.591. The van der Waals surface area contributed by atoms with Gasteiger partial charge in [-0.05, 0) is 50.5 Å². The van der Waals surface area contributed by atoms with E-state index in [1.54, 1.807) is 6.20 Å². The van der Waals surface area contributed by atoms with Crippen LogP contribution in [0.15, 0.2) is 66.9 Å². The molecule has 1 aromatic heterocycles. The first-order valence-corrected chi connectivity index (χ1v) is 9.24. The summed E-state index contributed by atoms with van der Waals surface area (Å²) in [4.78, 5) is 6.93. The molecule has 25 heavy (non-hydrogen) atoms. The zero-order valence-electron chi connectivity index (χ0n) is 15.2. The third-order valence-electron chi connectivity index (χ3n) is 5.32. The van der Waals surface area contributed by atoms with Crippen LogP contribution in [0, 0.1) is 0 Å². The van der Waals surface area contributed by atoms with Gasteiger partial charge in [-0.1, -0.05) is 48.9 Å². The minimum Gasteiger partial charge on any atom is -0.375 e. The quantitative estimate of drug-likeness (QED) is 0.834. The summed E-state index contributed by atoms with van der Waals surface area (Å²) in [5, 5.41) is 11.4. The van der Waals surface area contributed by atoms with Gasteiger partial charge in [0.05, 0.1) is 5.69 Å². The first-order chi connectivity index (χ1) is 12.1. The molecule has 2 heterocycles. The van der Waals surface area contributed by atoms with Gasteiger partial charge in [0.2, 0.25) is 0 Å². The highest BCUT2D eigenvalue weighted by Gasteiger charge is 2.30. The molecule has 0 radical (unpaired) electrons. The summed E-state index contributed by atoms with van der Waals surface area (Å²) in [6.07, 6.45) is 9.54. The molecule has 0 bridgehead atoms. The van der Waals surface area contributed by atoms with E-state index in [0.29, 0.717) is 17.8 Å². The van der Waals surface area contributed by atoms with Crippen LogP contribution in [-0.2, 0) is 5.60 Å². The molecule has 3 rings (SSSR count). The second-order valence-electron chi connectivity index (χ2n) is 7.08. The number of aromatic nitrogens is 1. The average Bonchev–Trinajstić information content (AvgIpc) is 2.65. The van der Waals surface area contributed by atoms with Crippen LogP contribution in [0.1, 0.15) is 44.4 Å². The van der Waals surface area contributed by atoms with Gasteiger partial charge in [0, 0.05) is 24.8 Å². The molecular formula is C22H28N2O. The van der Waals surface area contributed by atoms with Crippen molar-refractivity contribution in [1.82, 2.24) is 9.88 Å². The second-order valence-corrected chi connectivity index (χ2v) is 7.08. The second kappa shape index (κ2) is 7.94. The molecule has 1 fully saturated rings. The van der Waals surface area contributed by atoms with Crippen molar-refractivity contribution in [3.05, 3.63) is 78.1 Å². The number of likely N-dealkylation sites (tertiary alicyclic amines) is 1. The molecular weight excluding hydrogens is 308 g/mol. The molecule has 0 unspecified atom stereocenters. The molecule has 0 spiro atoms. The molecule has 1 aromatic carbocycles. The molecule has 2 aromatic rings. The van der Waals surface area contributed by atoms with Crippen LogP contribution >= 0.6 is 0 Å². The van der Waals surface area contributed by atoms with E-state index in [2.05, 4.69) is 29.8 Å². The molecule has 3 heteroatoms. The zero-order valence-corrected chi connectivity index (χ0v) is 15.2. The summed E-state index contributed by atoms with van der Waals surface area (Å²) in [6.45, 7) is 5.45. The lowest BCUT2D eigenvalue weighted by Crippen LogP contribution is -2.43. The van der Waals surface area contributed by atoms with Gasteiger partial charge in [-0.25, -0.2) is 0 Å². The van der Waals surface area contributed by atoms with Gasteiger partial charge in [0.25, 0.3) is 0 Å². The van der Waals surface area contributed by atoms with E-state index in [9.17, 15) is 5.11 Å². The molecule has 3 atom stereocenters.